The lowest BCUT2D eigenvalue weighted by Crippen LogP contribution is -2.49. The number of halogens is 2. The van der Waals surface area contributed by atoms with Crippen molar-refractivity contribution in [1.29, 1.82) is 0 Å². The van der Waals surface area contributed by atoms with Crippen molar-refractivity contribution in [3.8, 4) is 0 Å². The molecule has 1 atom stereocenters. The van der Waals surface area contributed by atoms with Gasteiger partial charge in [-0.3, -0.25) is 0 Å². The van der Waals surface area contributed by atoms with Crippen LogP contribution in [0.15, 0.2) is 21.2 Å². The van der Waals surface area contributed by atoms with Crippen LogP contribution in [0.4, 0.5) is 5.82 Å². The maximum atomic E-state index is 4.44. The van der Waals surface area contributed by atoms with Gasteiger partial charge in [0, 0.05) is 36.3 Å². The topological polar surface area (TPSA) is 28.2 Å². The Kier molecular flexibility index (Phi) is 3.64. The summed E-state index contributed by atoms with van der Waals surface area (Å²) in [4.78, 5) is 6.74. The second-order valence-corrected chi connectivity index (χ2v) is 5.53. The molecule has 15 heavy (non-hydrogen) atoms. The SMILES string of the molecule is CC1CN(c2ncc(Br)cc2Br)CCN1. The predicted molar refractivity (Wildman–Crippen MR) is 69.3 cm³/mol. The number of rotatable bonds is 1. The third-order valence-electron chi connectivity index (χ3n) is 2.46. The smallest absolute Gasteiger partial charge is 0.143 e. The zero-order chi connectivity index (χ0) is 10.8. The van der Waals surface area contributed by atoms with Crippen LogP contribution in [0.3, 0.4) is 0 Å². The van der Waals surface area contributed by atoms with Crippen molar-refractivity contribution in [2.24, 2.45) is 0 Å². The highest BCUT2D eigenvalue weighted by Crippen LogP contribution is 2.27. The first-order valence-corrected chi connectivity index (χ1v) is 6.55. The summed E-state index contributed by atoms with van der Waals surface area (Å²) in [5.41, 5.74) is 0. The highest BCUT2D eigenvalue weighted by Gasteiger charge is 2.18. The molecule has 2 heterocycles. The molecule has 1 aromatic heterocycles. The van der Waals surface area contributed by atoms with Crippen molar-refractivity contribution in [2.75, 3.05) is 24.5 Å². The average molecular weight is 335 g/mol. The van der Waals surface area contributed by atoms with Crippen molar-refractivity contribution in [1.82, 2.24) is 10.3 Å². The number of hydrogen-bond acceptors (Lipinski definition) is 3. The summed E-state index contributed by atoms with van der Waals surface area (Å²) in [6.07, 6.45) is 1.84. The molecule has 0 saturated carbocycles. The Morgan fingerprint density at radius 3 is 3.00 bits per heavy atom. The molecule has 0 aromatic carbocycles. The van der Waals surface area contributed by atoms with Crippen LogP contribution in [0, 0.1) is 0 Å². The summed E-state index contributed by atoms with van der Waals surface area (Å²) in [5.74, 6) is 1.03. The number of nitrogens with zero attached hydrogens (tertiary/aromatic N) is 2. The lowest BCUT2D eigenvalue weighted by Gasteiger charge is -2.33. The fourth-order valence-electron chi connectivity index (χ4n) is 1.76. The van der Waals surface area contributed by atoms with Crippen LogP contribution in [0.1, 0.15) is 6.92 Å². The first-order chi connectivity index (χ1) is 7.16. The molecular weight excluding hydrogens is 322 g/mol. The molecule has 1 fully saturated rings. The Labute approximate surface area is 107 Å². The van der Waals surface area contributed by atoms with Gasteiger partial charge in [-0.2, -0.15) is 0 Å². The second-order valence-electron chi connectivity index (χ2n) is 3.76. The molecule has 82 valence electrons. The third-order valence-corrected chi connectivity index (χ3v) is 3.47. The van der Waals surface area contributed by atoms with Crippen LogP contribution in [0.25, 0.3) is 0 Å². The standard InChI is InChI=1S/C10H13Br2N3/c1-7-6-15(3-2-13-7)10-9(12)4-8(11)5-14-10/h4-5,7,13H,2-3,6H2,1H3. The molecule has 0 bridgehead atoms. The summed E-state index contributed by atoms with van der Waals surface area (Å²) in [5, 5.41) is 3.42. The van der Waals surface area contributed by atoms with E-state index < -0.39 is 0 Å². The van der Waals surface area contributed by atoms with E-state index in [4.69, 9.17) is 0 Å². The lowest BCUT2D eigenvalue weighted by atomic mass is 10.2. The van der Waals surface area contributed by atoms with E-state index in [0.29, 0.717) is 6.04 Å². The number of piperazine rings is 1. The second kappa shape index (κ2) is 4.80. The van der Waals surface area contributed by atoms with E-state index in [0.717, 1.165) is 34.4 Å². The monoisotopic (exact) mass is 333 g/mol. The number of hydrogen-bond donors (Lipinski definition) is 1. The van der Waals surface area contributed by atoms with Gasteiger partial charge in [0.15, 0.2) is 0 Å². The summed E-state index contributed by atoms with van der Waals surface area (Å²) in [7, 11) is 0. The molecule has 5 heteroatoms. The number of anilines is 1. The Morgan fingerprint density at radius 2 is 2.33 bits per heavy atom. The van der Waals surface area contributed by atoms with E-state index in [1.54, 1.807) is 0 Å². The number of pyridine rings is 1. The van der Waals surface area contributed by atoms with Gasteiger partial charge in [0.1, 0.15) is 5.82 Å². The van der Waals surface area contributed by atoms with E-state index in [-0.39, 0.29) is 0 Å². The number of nitrogens with one attached hydrogen (secondary N) is 1. The van der Waals surface area contributed by atoms with Crippen LogP contribution in [-0.4, -0.2) is 30.7 Å². The fourth-order valence-corrected chi connectivity index (χ4v) is 3.00. The number of aromatic nitrogens is 1. The maximum Gasteiger partial charge on any atom is 0.143 e. The zero-order valence-electron chi connectivity index (χ0n) is 8.50. The lowest BCUT2D eigenvalue weighted by molar-refractivity contribution is 0.482. The molecule has 0 aliphatic carbocycles. The van der Waals surface area contributed by atoms with Gasteiger partial charge in [0.25, 0.3) is 0 Å². The molecule has 1 aromatic rings. The Balaban J connectivity index is 2.21. The molecule has 1 unspecified atom stereocenters. The minimum absolute atomic E-state index is 0.524. The van der Waals surface area contributed by atoms with Gasteiger partial charge < -0.3 is 10.2 Å². The van der Waals surface area contributed by atoms with Crippen LogP contribution >= 0.6 is 31.9 Å². The fraction of sp³-hybridized carbons (Fsp3) is 0.500. The minimum Gasteiger partial charge on any atom is -0.353 e. The molecule has 2 rings (SSSR count). The molecule has 1 aliphatic rings. The average Bonchev–Trinajstić information content (AvgIpc) is 2.17. The quantitative estimate of drug-likeness (QED) is 0.854. The van der Waals surface area contributed by atoms with Gasteiger partial charge in [-0.25, -0.2) is 4.98 Å². The Morgan fingerprint density at radius 1 is 1.53 bits per heavy atom. The van der Waals surface area contributed by atoms with Crippen molar-refractivity contribution < 1.29 is 0 Å². The summed E-state index contributed by atoms with van der Waals surface area (Å²) < 4.78 is 2.05. The Hall–Kier alpha value is -0.130. The zero-order valence-corrected chi connectivity index (χ0v) is 11.7. The van der Waals surface area contributed by atoms with Crippen molar-refractivity contribution in [3.63, 3.8) is 0 Å². The largest absolute Gasteiger partial charge is 0.353 e. The normalized spacial score (nSPS) is 21.8. The molecule has 1 aliphatic heterocycles. The molecule has 0 amide bonds. The molecule has 1 saturated heterocycles. The van der Waals surface area contributed by atoms with Gasteiger partial charge in [-0.1, -0.05) is 0 Å². The van der Waals surface area contributed by atoms with Crippen LogP contribution in [0.5, 0.6) is 0 Å². The van der Waals surface area contributed by atoms with Crippen molar-refractivity contribution in [3.05, 3.63) is 21.2 Å². The van der Waals surface area contributed by atoms with Crippen LogP contribution in [-0.2, 0) is 0 Å². The van der Waals surface area contributed by atoms with E-state index in [1.165, 1.54) is 0 Å². The van der Waals surface area contributed by atoms with E-state index >= 15 is 0 Å². The summed E-state index contributed by atoms with van der Waals surface area (Å²) in [6, 6.07) is 2.56. The Bertz CT molecular complexity index is 357. The molecule has 1 N–H and O–H groups in total. The highest BCUT2D eigenvalue weighted by molar-refractivity contribution is 9.11. The van der Waals surface area contributed by atoms with Gasteiger partial charge >= 0.3 is 0 Å². The summed E-state index contributed by atoms with van der Waals surface area (Å²) in [6.45, 7) is 5.23. The van der Waals surface area contributed by atoms with Gasteiger partial charge in [-0.05, 0) is 44.8 Å². The first-order valence-electron chi connectivity index (χ1n) is 4.96. The summed E-state index contributed by atoms with van der Waals surface area (Å²) >= 11 is 6.96. The van der Waals surface area contributed by atoms with Crippen LogP contribution < -0.4 is 10.2 Å². The molecule has 0 spiro atoms. The van der Waals surface area contributed by atoms with E-state index in [2.05, 4.69) is 54.0 Å². The highest BCUT2D eigenvalue weighted by atomic mass is 79.9. The van der Waals surface area contributed by atoms with Crippen LogP contribution in [0.2, 0.25) is 0 Å². The van der Waals surface area contributed by atoms with Gasteiger partial charge in [0.05, 0.1) is 4.47 Å². The van der Waals surface area contributed by atoms with Crippen molar-refractivity contribution >= 4 is 37.7 Å². The molecule has 3 nitrogen and oxygen atoms in total. The van der Waals surface area contributed by atoms with Gasteiger partial charge in [-0.15, -0.1) is 0 Å². The van der Waals surface area contributed by atoms with Crippen molar-refractivity contribution in [2.45, 2.75) is 13.0 Å². The van der Waals surface area contributed by atoms with E-state index in [9.17, 15) is 0 Å². The minimum atomic E-state index is 0.524. The molecular formula is C10H13Br2N3. The third kappa shape index (κ3) is 2.71. The van der Waals surface area contributed by atoms with Gasteiger partial charge in [0.2, 0.25) is 0 Å². The first kappa shape index (κ1) is 11.4. The maximum absolute atomic E-state index is 4.44. The predicted octanol–water partition coefficient (Wildman–Crippen LogP) is 2.40. The van der Waals surface area contributed by atoms with E-state index in [1.807, 2.05) is 12.3 Å². The molecule has 0 radical (unpaired) electrons.